The summed E-state index contributed by atoms with van der Waals surface area (Å²) in [4.78, 5) is 12.4. The van der Waals surface area contributed by atoms with Crippen LogP contribution < -0.4 is 10.6 Å². The maximum absolute atomic E-state index is 12.4. The molecule has 3 heteroatoms. The number of amides is 1. The van der Waals surface area contributed by atoms with E-state index in [9.17, 15) is 4.79 Å². The molecule has 98 valence electrons. The Kier molecular flexibility index (Phi) is 3.76. The zero-order valence-corrected chi connectivity index (χ0v) is 11.3. The molecule has 2 aliphatic rings. The van der Waals surface area contributed by atoms with Gasteiger partial charge in [-0.15, -0.1) is 0 Å². The zero-order chi connectivity index (χ0) is 12.4. The van der Waals surface area contributed by atoms with Gasteiger partial charge in [-0.2, -0.15) is 0 Å². The Balaban J connectivity index is 1.88. The highest BCUT2D eigenvalue weighted by atomic mass is 16.2. The van der Waals surface area contributed by atoms with E-state index in [1.165, 1.54) is 19.3 Å². The van der Waals surface area contributed by atoms with Crippen LogP contribution in [-0.2, 0) is 4.79 Å². The highest BCUT2D eigenvalue weighted by Crippen LogP contribution is 2.47. The maximum Gasteiger partial charge on any atom is 0.240 e. The lowest BCUT2D eigenvalue weighted by Crippen LogP contribution is -2.54. The molecule has 1 atom stereocenters. The fourth-order valence-electron chi connectivity index (χ4n) is 3.02. The van der Waals surface area contributed by atoms with Crippen LogP contribution in [0.5, 0.6) is 0 Å². The standard InChI is InChI=1S/C14H26N2O/c1-3-6-14(7-5-10-16-14)12(17)15-11-13(4-2)8-9-13/h16H,3-11H2,1-2H3,(H,15,17). The summed E-state index contributed by atoms with van der Waals surface area (Å²) in [7, 11) is 0. The fourth-order valence-corrected chi connectivity index (χ4v) is 3.02. The Morgan fingerprint density at radius 3 is 2.53 bits per heavy atom. The van der Waals surface area contributed by atoms with Crippen molar-refractivity contribution in [1.29, 1.82) is 0 Å². The van der Waals surface area contributed by atoms with Gasteiger partial charge in [0.05, 0.1) is 5.54 Å². The highest BCUT2D eigenvalue weighted by Gasteiger charge is 2.44. The van der Waals surface area contributed by atoms with Crippen molar-refractivity contribution in [3.05, 3.63) is 0 Å². The van der Waals surface area contributed by atoms with Gasteiger partial charge in [-0.05, 0) is 50.5 Å². The Hall–Kier alpha value is -0.570. The minimum Gasteiger partial charge on any atom is -0.354 e. The first-order valence-corrected chi connectivity index (χ1v) is 7.20. The number of rotatable bonds is 6. The summed E-state index contributed by atoms with van der Waals surface area (Å²) in [5, 5.41) is 6.64. The van der Waals surface area contributed by atoms with E-state index in [0.717, 1.165) is 38.8 Å². The molecule has 1 aliphatic carbocycles. The molecule has 1 saturated heterocycles. The molecule has 0 bridgehead atoms. The number of nitrogens with one attached hydrogen (secondary N) is 2. The summed E-state index contributed by atoms with van der Waals surface area (Å²) < 4.78 is 0. The number of hydrogen-bond acceptors (Lipinski definition) is 2. The molecule has 0 spiro atoms. The number of hydrogen-bond donors (Lipinski definition) is 2. The molecule has 0 aromatic heterocycles. The van der Waals surface area contributed by atoms with E-state index in [4.69, 9.17) is 0 Å². The molecule has 3 nitrogen and oxygen atoms in total. The van der Waals surface area contributed by atoms with Crippen molar-refractivity contribution in [2.45, 2.75) is 64.3 Å². The molecule has 1 heterocycles. The van der Waals surface area contributed by atoms with E-state index in [0.29, 0.717) is 5.41 Å². The topological polar surface area (TPSA) is 41.1 Å². The third-order valence-corrected chi connectivity index (χ3v) is 4.69. The van der Waals surface area contributed by atoms with Crippen LogP contribution >= 0.6 is 0 Å². The molecular formula is C14H26N2O. The summed E-state index contributed by atoms with van der Waals surface area (Å²) >= 11 is 0. The molecular weight excluding hydrogens is 212 g/mol. The molecule has 2 rings (SSSR count). The SMILES string of the molecule is CCCC1(C(=O)NCC2(CC)CC2)CCCN1. The predicted octanol–water partition coefficient (Wildman–Crippen LogP) is 2.22. The third-order valence-electron chi connectivity index (χ3n) is 4.69. The van der Waals surface area contributed by atoms with Crippen molar-refractivity contribution in [1.82, 2.24) is 10.6 Å². The average molecular weight is 238 g/mol. The molecule has 0 aromatic carbocycles. The Morgan fingerprint density at radius 1 is 1.29 bits per heavy atom. The van der Waals surface area contributed by atoms with Crippen molar-refractivity contribution < 1.29 is 4.79 Å². The quantitative estimate of drug-likeness (QED) is 0.745. The number of carbonyl (C=O) groups excluding carboxylic acids is 1. The lowest BCUT2D eigenvalue weighted by atomic mass is 9.90. The van der Waals surface area contributed by atoms with Crippen LogP contribution in [0, 0.1) is 5.41 Å². The molecule has 1 amide bonds. The lowest BCUT2D eigenvalue weighted by molar-refractivity contribution is -0.127. The van der Waals surface area contributed by atoms with E-state index in [2.05, 4.69) is 24.5 Å². The van der Waals surface area contributed by atoms with E-state index >= 15 is 0 Å². The molecule has 0 aromatic rings. The third kappa shape index (κ3) is 2.65. The second-order valence-corrected chi connectivity index (χ2v) is 5.90. The van der Waals surface area contributed by atoms with Gasteiger partial charge in [-0.3, -0.25) is 4.79 Å². The highest BCUT2D eigenvalue weighted by molar-refractivity contribution is 5.86. The van der Waals surface area contributed by atoms with Gasteiger partial charge in [0.25, 0.3) is 0 Å². The van der Waals surface area contributed by atoms with Crippen LogP contribution in [0.4, 0.5) is 0 Å². The van der Waals surface area contributed by atoms with Crippen LogP contribution in [-0.4, -0.2) is 24.5 Å². The first-order chi connectivity index (χ1) is 8.16. The van der Waals surface area contributed by atoms with E-state index in [1.807, 2.05) is 0 Å². The fraction of sp³-hybridized carbons (Fsp3) is 0.929. The van der Waals surface area contributed by atoms with E-state index in [-0.39, 0.29) is 11.4 Å². The van der Waals surface area contributed by atoms with Crippen LogP contribution in [0.3, 0.4) is 0 Å². The Labute approximate surface area is 105 Å². The second kappa shape index (κ2) is 4.97. The average Bonchev–Trinajstić information content (AvgIpc) is 2.98. The van der Waals surface area contributed by atoms with Gasteiger partial charge >= 0.3 is 0 Å². The lowest BCUT2D eigenvalue weighted by Gasteiger charge is -2.29. The monoisotopic (exact) mass is 238 g/mol. The van der Waals surface area contributed by atoms with Gasteiger partial charge in [-0.25, -0.2) is 0 Å². The van der Waals surface area contributed by atoms with Crippen LogP contribution in [0.2, 0.25) is 0 Å². The molecule has 2 N–H and O–H groups in total. The molecule has 1 aliphatic heterocycles. The zero-order valence-electron chi connectivity index (χ0n) is 11.3. The summed E-state index contributed by atoms with van der Waals surface area (Å²) in [5.74, 6) is 0.247. The molecule has 0 radical (unpaired) electrons. The molecule has 17 heavy (non-hydrogen) atoms. The summed E-state index contributed by atoms with van der Waals surface area (Å²) in [6.45, 7) is 6.26. The van der Waals surface area contributed by atoms with Gasteiger partial charge in [0.15, 0.2) is 0 Å². The molecule has 2 fully saturated rings. The summed E-state index contributed by atoms with van der Waals surface area (Å²) in [6, 6.07) is 0. The predicted molar refractivity (Wildman–Crippen MR) is 69.8 cm³/mol. The second-order valence-electron chi connectivity index (χ2n) is 5.90. The minimum atomic E-state index is -0.251. The van der Waals surface area contributed by atoms with Crippen molar-refractivity contribution in [3.8, 4) is 0 Å². The largest absolute Gasteiger partial charge is 0.354 e. The van der Waals surface area contributed by atoms with Crippen LogP contribution in [0.1, 0.15) is 58.8 Å². The Bertz CT molecular complexity index is 278. The van der Waals surface area contributed by atoms with Crippen molar-refractivity contribution in [2.24, 2.45) is 5.41 Å². The van der Waals surface area contributed by atoms with Gasteiger partial charge in [-0.1, -0.05) is 20.3 Å². The van der Waals surface area contributed by atoms with Crippen molar-refractivity contribution in [3.63, 3.8) is 0 Å². The maximum atomic E-state index is 12.4. The van der Waals surface area contributed by atoms with Crippen molar-refractivity contribution in [2.75, 3.05) is 13.1 Å². The first kappa shape index (κ1) is 12.9. The summed E-state index contributed by atoms with van der Waals surface area (Å²) in [6.07, 6.45) is 7.95. The van der Waals surface area contributed by atoms with E-state index in [1.54, 1.807) is 0 Å². The normalized spacial score (nSPS) is 30.2. The van der Waals surface area contributed by atoms with Crippen molar-refractivity contribution >= 4 is 5.91 Å². The van der Waals surface area contributed by atoms with Gasteiger partial charge in [0.1, 0.15) is 0 Å². The van der Waals surface area contributed by atoms with Gasteiger partial charge in [0, 0.05) is 6.54 Å². The smallest absolute Gasteiger partial charge is 0.240 e. The van der Waals surface area contributed by atoms with Crippen LogP contribution in [0.15, 0.2) is 0 Å². The number of carbonyl (C=O) groups is 1. The van der Waals surface area contributed by atoms with Crippen LogP contribution in [0.25, 0.3) is 0 Å². The Morgan fingerprint density at radius 2 is 2.06 bits per heavy atom. The molecule has 1 unspecified atom stereocenters. The van der Waals surface area contributed by atoms with Gasteiger partial charge in [0.2, 0.25) is 5.91 Å². The van der Waals surface area contributed by atoms with E-state index < -0.39 is 0 Å². The van der Waals surface area contributed by atoms with Gasteiger partial charge < -0.3 is 10.6 Å². The first-order valence-electron chi connectivity index (χ1n) is 7.20. The summed E-state index contributed by atoms with van der Waals surface area (Å²) in [5.41, 5.74) is 0.195. The molecule has 1 saturated carbocycles. The minimum absolute atomic E-state index is 0.247.